The third-order valence-electron chi connectivity index (χ3n) is 9.67. The molecule has 0 aliphatic heterocycles. The minimum Gasteiger partial charge on any atom is -0.486 e. The van der Waals surface area contributed by atoms with E-state index in [4.69, 9.17) is 4.74 Å². The Kier molecular flexibility index (Phi) is 6.41. The maximum atomic E-state index is 13.9. The summed E-state index contributed by atoms with van der Waals surface area (Å²) in [6.45, 7) is 6.69. The maximum Gasteiger partial charge on any atom is 0.416 e. The Morgan fingerprint density at radius 3 is 2.07 bits per heavy atom. The zero-order chi connectivity index (χ0) is 30.1. The number of rotatable bonds is 7. The van der Waals surface area contributed by atoms with Crippen LogP contribution in [-0.2, 0) is 17.6 Å². The van der Waals surface area contributed by atoms with E-state index in [-0.39, 0.29) is 34.2 Å². The fourth-order valence-corrected chi connectivity index (χ4v) is 9.77. The molecule has 2 N–H and O–H groups in total. The van der Waals surface area contributed by atoms with Crippen molar-refractivity contribution in [3.63, 3.8) is 0 Å². The van der Waals surface area contributed by atoms with Gasteiger partial charge in [0.05, 0.1) is 11.1 Å². The molecule has 2 aromatic carbocycles. The zero-order valence-corrected chi connectivity index (χ0v) is 24.0. The predicted octanol–water partition coefficient (Wildman–Crippen LogP) is 7.40. The molecular formula is C33H35F3N2O4. The average molecular weight is 581 g/mol. The van der Waals surface area contributed by atoms with E-state index in [1.807, 2.05) is 6.07 Å². The maximum absolute atomic E-state index is 13.9. The number of hydrogen-bond donors (Lipinski definition) is 2. The molecule has 0 radical (unpaired) electrons. The lowest BCUT2D eigenvalue weighted by Gasteiger charge is -2.70. The van der Waals surface area contributed by atoms with Crippen molar-refractivity contribution < 1.29 is 32.6 Å². The SMILES string of the molecule is CC12CC3(C)CC(C)(C1)CC(C(NC(=O)c1ccc4cccnc4c1OCc1ccc(C(F)(F)F)cc1)C(=O)O)(C2)C3. The molecule has 222 valence electrons. The summed E-state index contributed by atoms with van der Waals surface area (Å²) in [5.74, 6) is -1.47. The summed E-state index contributed by atoms with van der Waals surface area (Å²) in [5, 5.41) is 14.1. The normalized spacial score (nSPS) is 30.7. The molecule has 1 atom stereocenters. The van der Waals surface area contributed by atoms with E-state index in [2.05, 4.69) is 31.1 Å². The van der Waals surface area contributed by atoms with Crippen LogP contribution in [0.1, 0.15) is 80.8 Å². The molecule has 7 rings (SSSR count). The average Bonchev–Trinajstić information content (AvgIpc) is 2.86. The fourth-order valence-electron chi connectivity index (χ4n) is 9.77. The van der Waals surface area contributed by atoms with Crippen LogP contribution in [-0.4, -0.2) is 28.0 Å². The highest BCUT2D eigenvalue weighted by atomic mass is 19.4. The Hall–Kier alpha value is -3.62. The number of nitrogens with zero attached hydrogens (tertiary/aromatic N) is 1. The van der Waals surface area contributed by atoms with Crippen LogP contribution < -0.4 is 10.1 Å². The molecule has 1 aromatic heterocycles. The fraction of sp³-hybridized carbons (Fsp3) is 0.485. The second kappa shape index (κ2) is 9.44. The number of ether oxygens (including phenoxy) is 1. The van der Waals surface area contributed by atoms with Gasteiger partial charge < -0.3 is 15.2 Å². The number of halogens is 3. The third kappa shape index (κ3) is 5.01. The van der Waals surface area contributed by atoms with Gasteiger partial charge in [-0.2, -0.15) is 13.2 Å². The van der Waals surface area contributed by atoms with Gasteiger partial charge in [-0.1, -0.05) is 45.0 Å². The van der Waals surface area contributed by atoms with Crippen LogP contribution in [0.2, 0.25) is 0 Å². The quantitative estimate of drug-likeness (QED) is 0.304. The molecule has 4 saturated carbocycles. The van der Waals surface area contributed by atoms with Crippen molar-refractivity contribution in [3.8, 4) is 5.75 Å². The van der Waals surface area contributed by atoms with Crippen LogP contribution in [0.15, 0.2) is 54.7 Å². The van der Waals surface area contributed by atoms with E-state index in [0.717, 1.165) is 50.7 Å². The molecule has 6 nitrogen and oxygen atoms in total. The molecule has 4 bridgehead atoms. The van der Waals surface area contributed by atoms with Gasteiger partial charge >= 0.3 is 12.1 Å². The molecule has 4 aliphatic carbocycles. The van der Waals surface area contributed by atoms with Crippen LogP contribution in [0.3, 0.4) is 0 Å². The number of aromatic nitrogens is 1. The number of alkyl halides is 3. The molecule has 1 amide bonds. The van der Waals surface area contributed by atoms with Gasteiger partial charge in [0.15, 0.2) is 5.75 Å². The van der Waals surface area contributed by atoms with Gasteiger partial charge in [0, 0.05) is 17.0 Å². The van der Waals surface area contributed by atoms with Crippen molar-refractivity contribution >= 4 is 22.8 Å². The first kappa shape index (κ1) is 28.5. The summed E-state index contributed by atoms with van der Waals surface area (Å²) in [4.78, 5) is 31.2. The molecule has 4 aliphatic rings. The first-order valence-corrected chi connectivity index (χ1v) is 14.3. The van der Waals surface area contributed by atoms with Crippen molar-refractivity contribution in [1.29, 1.82) is 0 Å². The first-order chi connectivity index (χ1) is 19.6. The van der Waals surface area contributed by atoms with E-state index in [1.54, 1.807) is 24.4 Å². The van der Waals surface area contributed by atoms with Crippen LogP contribution in [0.4, 0.5) is 13.2 Å². The number of carbonyl (C=O) groups excluding carboxylic acids is 1. The van der Waals surface area contributed by atoms with E-state index in [0.29, 0.717) is 16.5 Å². The van der Waals surface area contributed by atoms with Gasteiger partial charge in [-0.05, 0) is 84.6 Å². The van der Waals surface area contributed by atoms with Gasteiger partial charge in [-0.25, -0.2) is 4.79 Å². The molecule has 0 saturated heterocycles. The molecule has 3 aromatic rings. The van der Waals surface area contributed by atoms with Crippen LogP contribution in [0, 0.1) is 21.7 Å². The molecule has 1 unspecified atom stereocenters. The number of carbonyl (C=O) groups is 2. The van der Waals surface area contributed by atoms with Crippen LogP contribution in [0.25, 0.3) is 10.9 Å². The number of benzene rings is 2. The van der Waals surface area contributed by atoms with Crippen LogP contribution in [0.5, 0.6) is 5.75 Å². The lowest BCUT2D eigenvalue weighted by molar-refractivity contribution is -0.198. The number of amides is 1. The highest BCUT2D eigenvalue weighted by Crippen LogP contribution is 2.74. The lowest BCUT2D eigenvalue weighted by atomic mass is 9.35. The van der Waals surface area contributed by atoms with Crippen LogP contribution >= 0.6 is 0 Å². The minimum atomic E-state index is -4.45. The first-order valence-electron chi connectivity index (χ1n) is 14.3. The van der Waals surface area contributed by atoms with Crippen molar-refractivity contribution in [1.82, 2.24) is 10.3 Å². The summed E-state index contributed by atoms with van der Waals surface area (Å²) < 4.78 is 45.1. The van der Waals surface area contributed by atoms with E-state index in [9.17, 15) is 27.9 Å². The van der Waals surface area contributed by atoms with Gasteiger partial charge in [0.1, 0.15) is 18.2 Å². The summed E-state index contributed by atoms with van der Waals surface area (Å²) in [7, 11) is 0. The second-order valence-electron chi connectivity index (χ2n) is 14.1. The predicted molar refractivity (Wildman–Crippen MR) is 151 cm³/mol. The molecule has 4 fully saturated rings. The number of carboxylic acids is 1. The largest absolute Gasteiger partial charge is 0.486 e. The Morgan fingerprint density at radius 1 is 0.929 bits per heavy atom. The number of aliphatic carboxylic acids is 1. The van der Waals surface area contributed by atoms with Gasteiger partial charge in [0.25, 0.3) is 5.91 Å². The Labute approximate surface area is 242 Å². The molecular weight excluding hydrogens is 545 g/mol. The number of fused-ring (bicyclic) bond motifs is 1. The Bertz CT molecular complexity index is 1510. The Balaban J connectivity index is 1.31. The van der Waals surface area contributed by atoms with Crippen molar-refractivity contribution in [2.24, 2.45) is 21.7 Å². The Morgan fingerprint density at radius 2 is 1.52 bits per heavy atom. The topological polar surface area (TPSA) is 88.5 Å². The monoisotopic (exact) mass is 580 g/mol. The summed E-state index contributed by atoms with van der Waals surface area (Å²) in [6.07, 6.45) is 2.55. The molecule has 0 spiro atoms. The lowest BCUT2D eigenvalue weighted by Crippen LogP contribution is -2.66. The van der Waals surface area contributed by atoms with Gasteiger partial charge in [-0.15, -0.1) is 0 Å². The van der Waals surface area contributed by atoms with E-state index in [1.165, 1.54) is 12.1 Å². The minimum absolute atomic E-state index is 0.0273. The third-order valence-corrected chi connectivity index (χ3v) is 9.67. The number of pyridine rings is 1. The smallest absolute Gasteiger partial charge is 0.416 e. The van der Waals surface area contributed by atoms with Crippen molar-refractivity contribution in [2.45, 2.75) is 78.1 Å². The number of nitrogens with one attached hydrogen (secondary N) is 1. The van der Waals surface area contributed by atoms with E-state index >= 15 is 0 Å². The van der Waals surface area contributed by atoms with E-state index < -0.39 is 35.1 Å². The number of hydrogen-bond acceptors (Lipinski definition) is 4. The van der Waals surface area contributed by atoms with Crippen molar-refractivity contribution in [3.05, 3.63) is 71.4 Å². The van der Waals surface area contributed by atoms with Crippen molar-refractivity contribution in [2.75, 3.05) is 0 Å². The van der Waals surface area contributed by atoms with Gasteiger partial charge in [0.2, 0.25) is 0 Å². The highest BCUT2D eigenvalue weighted by Gasteiger charge is 2.67. The zero-order valence-electron chi connectivity index (χ0n) is 24.0. The summed E-state index contributed by atoms with van der Waals surface area (Å²) >= 11 is 0. The standard InChI is InChI=1S/C33H35F3N2O4/c1-29-14-30(2)16-31(3,15-29)19-32(17-29,18-30)26(28(40)41)38-27(39)23-11-8-21-5-4-12-37-24(21)25(23)42-13-20-6-9-22(10-7-20)33(34,35)36/h4-12,26H,13-19H2,1-3H3,(H,38,39)(H,40,41). The summed E-state index contributed by atoms with van der Waals surface area (Å²) in [5.41, 5.74) is -0.226. The molecule has 9 heteroatoms. The highest BCUT2D eigenvalue weighted by molar-refractivity contribution is 6.04. The number of carboxylic acid groups (broad SMARTS) is 1. The molecule has 42 heavy (non-hydrogen) atoms. The summed E-state index contributed by atoms with van der Waals surface area (Å²) in [6, 6.07) is 10.4. The molecule has 1 heterocycles. The van der Waals surface area contributed by atoms with Gasteiger partial charge in [-0.3, -0.25) is 9.78 Å². The second-order valence-corrected chi connectivity index (χ2v) is 14.1.